The molecule has 1 fully saturated rings. The van der Waals surface area contributed by atoms with E-state index in [2.05, 4.69) is 34.9 Å². The molecule has 2 aliphatic rings. The summed E-state index contributed by atoms with van der Waals surface area (Å²) in [6.45, 7) is 0. The SMILES string of the molecule is Cl.O=C(NC1CCCc2ccccc21)C1CSCN1. The van der Waals surface area contributed by atoms with E-state index in [9.17, 15) is 4.79 Å². The van der Waals surface area contributed by atoms with Crippen LogP contribution in [0.5, 0.6) is 0 Å². The molecule has 1 saturated heterocycles. The second kappa shape index (κ2) is 6.64. The molecule has 1 aromatic rings. The van der Waals surface area contributed by atoms with E-state index in [0.29, 0.717) is 0 Å². The number of benzene rings is 1. The van der Waals surface area contributed by atoms with Gasteiger partial charge >= 0.3 is 0 Å². The first-order valence-electron chi connectivity index (χ1n) is 6.54. The number of carbonyl (C=O) groups is 1. The lowest BCUT2D eigenvalue weighted by Crippen LogP contribution is -2.44. The van der Waals surface area contributed by atoms with Crippen LogP contribution in [0, 0.1) is 0 Å². The monoisotopic (exact) mass is 298 g/mol. The van der Waals surface area contributed by atoms with Crippen molar-refractivity contribution >= 4 is 30.1 Å². The lowest BCUT2D eigenvalue weighted by Gasteiger charge is -2.27. The van der Waals surface area contributed by atoms with Crippen LogP contribution in [-0.2, 0) is 11.2 Å². The minimum Gasteiger partial charge on any atom is -0.348 e. The van der Waals surface area contributed by atoms with Gasteiger partial charge in [-0.3, -0.25) is 10.1 Å². The maximum atomic E-state index is 12.1. The third-order valence-corrected chi connectivity index (χ3v) is 4.66. The lowest BCUT2D eigenvalue weighted by molar-refractivity contribution is -0.123. The van der Waals surface area contributed by atoms with Crippen molar-refractivity contribution in [2.45, 2.75) is 31.3 Å². The van der Waals surface area contributed by atoms with Crippen LogP contribution < -0.4 is 10.6 Å². The van der Waals surface area contributed by atoms with Gasteiger partial charge in [0, 0.05) is 11.6 Å². The molecule has 2 atom stereocenters. The molecule has 1 aliphatic heterocycles. The average molecular weight is 299 g/mol. The Kier molecular flexibility index (Phi) is 5.13. The van der Waals surface area contributed by atoms with E-state index in [4.69, 9.17) is 0 Å². The molecule has 0 aromatic heterocycles. The van der Waals surface area contributed by atoms with Crippen LogP contribution in [0.4, 0.5) is 0 Å². The van der Waals surface area contributed by atoms with Crippen molar-refractivity contribution in [3.8, 4) is 0 Å². The second-order valence-electron chi connectivity index (χ2n) is 4.92. The van der Waals surface area contributed by atoms with Crippen LogP contribution in [0.2, 0.25) is 0 Å². The molecule has 1 aliphatic carbocycles. The summed E-state index contributed by atoms with van der Waals surface area (Å²) in [7, 11) is 0. The molecule has 2 N–H and O–H groups in total. The Morgan fingerprint density at radius 3 is 3.00 bits per heavy atom. The van der Waals surface area contributed by atoms with Crippen LogP contribution in [-0.4, -0.2) is 23.6 Å². The molecule has 0 saturated carbocycles. The number of carbonyl (C=O) groups excluding carboxylic acids is 1. The fourth-order valence-electron chi connectivity index (χ4n) is 2.74. The van der Waals surface area contributed by atoms with E-state index in [1.165, 1.54) is 11.1 Å². The molecule has 0 radical (unpaired) electrons. The van der Waals surface area contributed by atoms with Crippen LogP contribution >= 0.6 is 24.2 Å². The predicted octanol–water partition coefficient (Wildman–Crippen LogP) is 2.26. The van der Waals surface area contributed by atoms with Gasteiger partial charge in [-0.15, -0.1) is 24.2 Å². The smallest absolute Gasteiger partial charge is 0.238 e. The summed E-state index contributed by atoms with van der Waals surface area (Å²) in [5.74, 6) is 1.93. The summed E-state index contributed by atoms with van der Waals surface area (Å²) in [5.41, 5.74) is 2.70. The van der Waals surface area contributed by atoms with Crippen molar-refractivity contribution in [1.82, 2.24) is 10.6 Å². The third kappa shape index (κ3) is 3.25. The number of amides is 1. The Morgan fingerprint density at radius 1 is 1.37 bits per heavy atom. The molecule has 5 heteroatoms. The zero-order valence-electron chi connectivity index (χ0n) is 10.7. The minimum atomic E-state index is -0.0101. The van der Waals surface area contributed by atoms with Crippen LogP contribution in [0.3, 0.4) is 0 Å². The fourth-order valence-corrected chi connectivity index (χ4v) is 3.68. The number of nitrogens with one attached hydrogen (secondary N) is 2. The first kappa shape index (κ1) is 14.7. The van der Waals surface area contributed by atoms with Gasteiger partial charge in [-0.2, -0.15) is 0 Å². The van der Waals surface area contributed by atoms with E-state index < -0.39 is 0 Å². The molecule has 3 rings (SSSR count). The van der Waals surface area contributed by atoms with Gasteiger partial charge in [-0.05, 0) is 30.4 Å². The van der Waals surface area contributed by atoms with Gasteiger partial charge < -0.3 is 5.32 Å². The summed E-state index contributed by atoms with van der Waals surface area (Å²) in [4.78, 5) is 12.1. The number of thioether (sulfide) groups is 1. The maximum Gasteiger partial charge on any atom is 0.238 e. The van der Waals surface area contributed by atoms with Crippen molar-refractivity contribution < 1.29 is 4.79 Å². The predicted molar refractivity (Wildman–Crippen MR) is 81.8 cm³/mol. The van der Waals surface area contributed by atoms with Gasteiger partial charge in [0.15, 0.2) is 0 Å². The molecule has 3 nitrogen and oxygen atoms in total. The highest BCUT2D eigenvalue weighted by atomic mass is 35.5. The highest BCUT2D eigenvalue weighted by molar-refractivity contribution is 7.99. The van der Waals surface area contributed by atoms with E-state index in [1.54, 1.807) is 11.8 Å². The van der Waals surface area contributed by atoms with Crippen LogP contribution in [0.25, 0.3) is 0 Å². The highest BCUT2D eigenvalue weighted by Gasteiger charge is 2.27. The van der Waals surface area contributed by atoms with Crippen LogP contribution in [0.1, 0.15) is 30.0 Å². The molecule has 0 bridgehead atoms. The summed E-state index contributed by atoms with van der Waals surface area (Å²) < 4.78 is 0. The van der Waals surface area contributed by atoms with Gasteiger partial charge in [-0.1, -0.05) is 24.3 Å². The molecular formula is C14H19ClN2OS. The average Bonchev–Trinajstić information content (AvgIpc) is 2.93. The van der Waals surface area contributed by atoms with Crippen molar-refractivity contribution in [1.29, 1.82) is 0 Å². The summed E-state index contributed by atoms with van der Waals surface area (Å²) >= 11 is 1.79. The number of rotatable bonds is 2. The Bertz CT molecular complexity index is 449. The van der Waals surface area contributed by atoms with E-state index in [-0.39, 0.29) is 30.4 Å². The van der Waals surface area contributed by atoms with Crippen molar-refractivity contribution in [3.05, 3.63) is 35.4 Å². The van der Waals surface area contributed by atoms with E-state index in [1.807, 2.05) is 0 Å². The maximum absolute atomic E-state index is 12.1. The van der Waals surface area contributed by atoms with Gasteiger partial charge in [-0.25, -0.2) is 0 Å². The lowest BCUT2D eigenvalue weighted by atomic mass is 9.87. The third-order valence-electron chi connectivity index (χ3n) is 3.72. The van der Waals surface area contributed by atoms with Gasteiger partial charge in [0.25, 0.3) is 0 Å². The molecule has 0 spiro atoms. The number of aryl methyl sites for hydroxylation is 1. The largest absolute Gasteiger partial charge is 0.348 e. The molecule has 1 amide bonds. The van der Waals surface area contributed by atoms with Gasteiger partial charge in [0.2, 0.25) is 5.91 Å². The van der Waals surface area contributed by atoms with Crippen LogP contribution in [0.15, 0.2) is 24.3 Å². The standard InChI is InChI=1S/C14H18N2OS.ClH/c17-14(13-8-18-9-15-13)16-12-7-3-5-10-4-1-2-6-11(10)12;/h1-2,4,6,12-13,15H,3,5,7-9H2,(H,16,17);1H. The van der Waals surface area contributed by atoms with Gasteiger partial charge in [0.1, 0.15) is 0 Å². The number of halogens is 1. The summed E-state index contributed by atoms with van der Waals surface area (Å²) in [6, 6.07) is 8.66. The summed E-state index contributed by atoms with van der Waals surface area (Å²) in [5, 5.41) is 6.42. The second-order valence-corrected chi connectivity index (χ2v) is 5.95. The minimum absolute atomic E-state index is 0. The van der Waals surface area contributed by atoms with Gasteiger partial charge in [0.05, 0.1) is 12.1 Å². The van der Waals surface area contributed by atoms with Crippen molar-refractivity contribution in [2.75, 3.05) is 11.6 Å². The number of hydrogen-bond donors (Lipinski definition) is 2. The first-order chi connectivity index (χ1) is 8.84. The van der Waals surface area contributed by atoms with E-state index in [0.717, 1.165) is 30.9 Å². The first-order valence-corrected chi connectivity index (χ1v) is 7.69. The van der Waals surface area contributed by atoms with E-state index >= 15 is 0 Å². The zero-order chi connectivity index (χ0) is 12.4. The molecule has 1 aromatic carbocycles. The topological polar surface area (TPSA) is 41.1 Å². The summed E-state index contributed by atoms with van der Waals surface area (Å²) in [6.07, 6.45) is 3.36. The van der Waals surface area contributed by atoms with Crippen molar-refractivity contribution in [3.63, 3.8) is 0 Å². The Balaban J connectivity index is 0.00000133. The quantitative estimate of drug-likeness (QED) is 0.880. The molecule has 1 heterocycles. The molecule has 19 heavy (non-hydrogen) atoms. The Hall–Kier alpha value is -0.710. The highest BCUT2D eigenvalue weighted by Crippen LogP contribution is 2.29. The normalized spacial score (nSPS) is 25.3. The Morgan fingerprint density at radius 2 is 2.21 bits per heavy atom. The molecule has 2 unspecified atom stereocenters. The zero-order valence-corrected chi connectivity index (χ0v) is 12.4. The number of hydrogen-bond acceptors (Lipinski definition) is 3. The molecule has 104 valence electrons. The molecular weight excluding hydrogens is 280 g/mol. The number of fused-ring (bicyclic) bond motifs is 1. The fraction of sp³-hybridized carbons (Fsp3) is 0.500. The Labute approximate surface area is 124 Å². The van der Waals surface area contributed by atoms with Crippen molar-refractivity contribution in [2.24, 2.45) is 0 Å².